The summed E-state index contributed by atoms with van der Waals surface area (Å²) >= 11 is 6.09. The van der Waals surface area contributed by atoms with Crippen LogP contribution in [0.5, 0.6) is 0 Å². The molecule has 34 heavy (non-hydrogen) atoms. The van der Waals surface area contributed by atoms with Gasteiger partial charge in [-0.1, -0.05) is 66.2 Å². The van der Waals surface area contributed by atoms with Gasteiger partial charge in [-0.25, -0.2) is 18.4 Å². The fraction of sp³-hybridized carbons (Fsp3) is 0.120. The molecule has 174 valence electrons. The molecule has 1 aromatic heterocycles. The molecule has 4 aromatic rings. The lowest BCUT2D eigenvalue weighted by Crippen LogP contribution is -2.14. The third-order valence-electron chi connectivity index (χ3n) is 5.38. The topological polar surface area (TPSA) is 104 Å². The number of nitrogens with zero attached hydrogens (tertiary/aromatic N) is 2. The van der Waals surface area contributed by atoms with Crippen molar-refractivity contribution in [2.45, 2.75) is 17.9 Å². The highest BCUT2D eigenvalue weighted by atomic mass is 35.5. The van der Waals surface area contributed by atoms with Crippen LogP contribution in [0.3, 0.4) is 0 Å². The maximum absolute atomic E-state index is 12.9. The lowest BCUT2D eigenvalue weighted by molar-refractivity contribution is 0.0587. The third-order valence-corrected chi connectivity index (χ3v) is 6.56. The molecule has 0 saturated heterocycles. The van der Waals surface area contributed by atoms with Gasteiger partial charge in [0.1, 0.15) is 5.69 Å². The zero-order chi connectivity index (χ0) is 24.3. The number of carbonyl (C=O) groups excluding carboxylic acids is 1. The van der Waals surface area contributed by atoms with E-state index < -0.39 is 16.0 Å². The monoisotopic (exact) mass is 495 g/mol. The Bertz CT molecular complexity index is 1420. The van der Waals surface area contributed by atoms with Crippen molar-refractivity contribution in [2.24, 2.45) is 5.14 Å². The first-order valence-corrected chi connectivity index (χ1v) is 12.3. The molecule has 0 aliphatic heterocycles. The smallest absolute Gasteiger partial charge is 0.356 e. The number of hydrogen-bond acceptors (Lipinski definition) is 5. The average Bonchev–Trinajstić information content (AvgIpc) is 3.22. The van der Waals surface area contributed by atoms with Crippen LogP contribution in [0.25, 0.3) is 22.4 Å². The highest BCUT2D eigenvalue weighted by Gasteiger charge is 2.26. The molecule has 0 unspecified atom stereocenters. The van der Waals surface area contributed by atoms with Crippen LogP contribution in [0, 0.1) is 0 Å². The SMILES string of the molecule is COC(=O)c1c(-c2ccc(Cl)cc2)c(-c2ccc(S(N)(=O)=O)cc2)nn1CCc1ccccc1. The molecule has 0 fully saturated rings. The van der Waals surface area contributed by atoms with E-state index in [1.54, 1.807) is 41.1 Å². The summed E-state index contributed by atoms with van der Waals surface area (Å²) in [6.45, 7) is 0.435. The van der Waals surface area contributed by atoms with Gasteiger partial charge >= 0.3 is 5.97 Å². The lowest BCUT2D eigenvalue weighted by atomic mass is 9.98. The number of methoxy groups -OCH3 is 1. The Morgan fingerprint density at radius 1 is 0.971 bits per heavy atom. The molecule has 0 aliphatic rings. The molecule has 0 atom stereocenters. The molecule has 1 heterocycles. The number of primary sulfonamides is 1. The minimum atomic E-state index is -3.84. The van der Waals surface area contributed by atoms with E-state index in [0.29, 0.717) is 40.5 Å². The van der Waals surface area contributed by atoms with Crippen LogP contribution in [-0.2, 0) is 27.7 Å². The van der Waals surface area contributed by atoms with Crippen molar-refractivity contribution in [1.29, 1.82) is 0 Å². The first-order valence-electron chi connectivity index (χ1n) is 10.4. The largest absolute Gasteiger partial charge is 0.464 e. The molecule has 7 nitrogen and oxygen atoms in total. The van der Waals surface area contributed by atoms with Gasteiger partial charge in [-0.15, -0.1) is 0 Å². The molecule has 0 aliphatic carbocycles. The Morgan fingerprint density at radius 3 is 2.18 bits per heavy atom. The van der Waals surface area contributed by atoms with Crippen LogP contribution in [-0.4, -0.2) is 31.3 Å². The molecule has 0 spiro atoms. The van der Waals surface area contributed by atoms with Gasteiger partial charge in [0.15, 0.2) is 5.69 Å². The van der Waals surface area contributed by atoms with Crippen molar-refractivity contribution in [1.82, 2.24) is 9.78 Å². The molecule has 4 rings (SSSR count). The van der Waals surface area contributed by atoms with Crippen molar-refractivity contribution in [3.63, 3.8) is 0 Å². The van der Waals surface area contributed by atoms with Crippen molar-refractivity contribution in [3.8, 4) is 22.4 Å². The van der Waals surface area contributed by atoms with Gasteiger partial charge < -0.3 is 4.74 Å². The maximum Gasteiger partial charge on any atom is 0.356 e. The van der Waals surface area contributed by atoms with E-state index in [0.717, 1.165) is 11.1 Å². The number of aromatic nitrogens is 2. The highest BCUT2D eigenvalue weighted by molar-refractivity contribution is 7.89. The fourth-order valence-electron chi connectivity index (χ4n) is 3.70. The van der Waals surface area contributed by atoms with Gasteiger partial charge in [-0.05, 0) is 41.8 Å². The Labute approximate surface area is 202 Å². The molecule has 9 heteroatoms. The van der Waals surface area contributed by atoms with Crippen LogP contribution < -0.4 is 5.14 Å². The van der Waals surface area contributed by atoms with Crippen molar-refractivity contribution < 1.29 is 17.9 Å². The number of nitrogens with two attached hydrogens (primary N) is 1. The molecule has 3 aromatic carbocycles. The highest BCUT2D eigenvalue weighted by Crippen LogP contribution is 2.36. The summed E-state index contributed by atoms with van der Waals surface area (Å²) in [4.78, 5) is 12.9. The first kappa shape index (κ1) is 23.7. The van der Waals surface area contributed by atoms with Gasteiger partial charge in [-0.2, -0.15) is 5.10 Å². The number of carbonyl (C=O) groups is 1. The summed E-state index contributed by atoms with van der Waals surface area (Å²) in [5.74, 6) is -0.530. The Hall–Kier alpha value is -3.46. The van der Waals surface area contributed by atoms with E-state index >= 15 is 0 Å². The maximum atomic E-state index is 12.9. The van der Waals surface area contributed by atoms with Gasteiger partial charge in [-0.3, -0.25) is 4.68 Å². The summed E-state index contributed by atoms with van der Waals surface area (Å²) < 4.78 is 30.1. The molecule has 0 bridgehead atoms. The predicted octanol–water partition coefficient (Wildman–Crippen LogP) is 4.55. The van der Waals surface area contributed by atoms with Crippen LogP contribution in [0.1, 0.15) is 16.1 Å². The number of esters is 1. The Morgan fingerprint density at radius 2 is 1.59 bits per heavy atom. The second-order valence-electron chi connectivity index (χ2n) is 7.60. The average molecular weight is 496 g/mol. The Kier molecular flexibility index (Phi) is 6.83. The predicted molar refractivity (Wildman–Crippen MR) is 131 cm³/mol. The number of aryl methyl sites for hydroxylation is 2. The minimum absolute atomic E-state index is 0.0130. The summed E-state index contributed by atoms with van der Waals surface area (Å²) in [6, 6.07) is 23.0. The standard InChI is InChI=1S/C25H22ClN3O4S/c1-33-25(30)24-22(18-7-11-20(26)12-8-18)23(19-9-13-21(14-10-19)34(27,31)32)28-29(24)16-15-17-5-3-2-4-6-17/h2-14H,15-16H2,1H3,(H2,27,31,32). The lowest BCUT2D eigenvalue weighted by Gasteiger charge is -2.09. The third kappa shape index (κ3) is 5.04. The summed E-state index contributed by atoms with van der Waals surface area (Å²) in [6.07, 6.45) is 0.649. The van der Waals surface area contributed by atoms with E-state index in [1.807, 2.05) is 30.3 Å². The zero-order valence-corrected chi connectivity index (χ0v) is 19.9. The number of hydrogen-bond donors (Lipinski definition) is 1. The van der Waals surface area contributed by atoms with Crippen LogP contribution >= 0.6 is 11.6 Å². The zero-order valence-electron chi connectivity index (χ0n) is 18.3. The van der Waals surface area contributed by atoms with E-state index in [-0.39, 0.29) is 4.90 Å². The number of sulfonamides is 1. The normalized spacial score (nSPS) is 11.4. The second kappa shape index (κ2) is 9.80. The fourth-order valence-corrected chi connectivity index (χ4v) is 4.34. The molecular weight excluding hydrogens is 474 g/mol. The van der Waals surface area contributed by atoms with E-state index in [9.17, 15) is 13.2 Å². The Balaban J connectivity index is 1.88. The number of rotatable bonds is 7. The van der Waals surface area contributed by atoms with Crippen LogP contribution in [0.15, 0.2) is 83.8 Å². The van der Waals surface area contributed by atoms with Gasteiger partial charge in [0.2, 0.25) is 10.0 Å². The van der Waals surface area contributed by atoms with Crippen molar-refractivity contribution in [3.05, 3.63) is 95.1 Å². The van der Waals surface area contributed by atoms with E-state index in [4.69, 9.17) is 26.6 Å². The quantitative estimate of drug-likeness (QED) is 0.379. The van der Waals surface area contributed by atoms with Crippen LogP contribution in [0.2, 0.25) is 5.02 Å². The second-order valence-corrected chi connectivity index (χ2v) is 9.60. The molecule has 2 N–H and O–H groups in total. The van der Waals surface area contributed by atoms with Crippen LogP contribution in [0.4, 0.5) is 0 Å². The first-order chi connectivity index (χ1) is 16.3. The van der Waals surface area contributed by atoms with Gasteiger partial charge in [0.05, 0.1) is 12.0 Å². The van der Waals surface area contributed by atoms with E-state index in [1.165, 1.54) is 19.2 Å². The molecular formula is C25H22ClN3O4S. The van der Waals surface area contributed by atoms with Crippen molar-refractivity contribution >= 4 is 27.6 Å². The van der Waals surface area contributed by atoms with Gasteiger partial charge in [0.25, 0.3) is 0 Å². The summed E-state index contributed by atoms with van der Waals surface area (Å²) in [5, 5.41) is 10.6. The number of halogens is 1. The molecule has 0 amide bonds. The van der Waals surface area contributed by atoms with Crippen molar-refractivity contribution in [2.75, 3.05) is 7.11 Å². The minimum Gasteiger partial charge on any atom is -0.464 e. The van der Waals surface area contributed by atoms with Gasteiger partial charge in [0, 0.05) is 22.7 Å². The summed E-state index contributed by atoms with van der Waals surface area (Å²) in [7, 11) is -2.52. The molecule has 0 saturated carbocycles. The number of benzene rings is 3. The van der Waals surface area contributed by atoms with E-state index in [2.05, 4.69) is 0 Å². The molecule has 0 radical (unpaired) electrons. The summed E-state index contributed by atoms with van der Waals surface area (Å²) in [5.41, 5.74) is 3.83. The number of ether oxygens (including phenoxy) is 1.